The number of allylic oxidation sites excluding steroid dienone is 1. The summed E-state index contributed by atoms with van der Waals surface area (Å²) in [5.74, 6) is -0.879. The van der Waals surface area contributed by atoms with Crippen molar-refractivity contribution in [2.75, 3.05) is 19.8 Å². The Balaban J connectivity index is 4.63. The van der Waals surface area contributed by atoms with Gasteiger partial charge in [0, 0.05) is 31.4 Å². The number of carbonyl (C=O) groups is 1. The molecule has 0 aliphatic heterocycles. The molecule has 5 nitrogen and oxygen atoms in total. The summed E-state index contributed by atoms with van der Waals surface area (Å²) in [7, 11) is -2.76. The molecule has 6 heteroatoms. The topological polar surface area (TPSA) is 65.0 Å². The zero-order valence-corrected chi connectivity index (χ0v) is 15.4. The minimum absolute atomic E-state index is 0.360. The van der Waals surface area contributed by atoms with Gasteiger partial charge in [0.1, 0.15) is 0 Å². The number of hydrogen-bond donors (Lipinski definition) is 1. The van der Waals surface area contributed by atoms with E-state index in [1.165, 1.54) is 0 Å². The first kappa shape index (κ1) is 21.3. The molecule has 0 aromatic carbocycles. The van der Waals surface area contributed by atoms with Crippen LogP contribution in [0.25, 0.3) is 0 Å². The van der Waals surface area contributed by atoms with E-state index in [0.717, 1.165) is 19.3 Å². The van der Waals surface area contributed by atoms with Gasteiger partial charge in [0.2, 0.25) is 0 Å². The van der Waals surface area contributed by atoms with Gasteiger partial charge in [-0.1, -0.05) is 26.8 Å². The average Bonchev–Trinajstić information content (AvgIpc) is 2.52. The van der Waals surface area contributed by atoms with Crippen LogP contribution in [0.5, 0.6) is 0 Å². The highest BCUT2D eigenvalue weighted by atomic mass is 28.4. The highest BCUT2D eigenvalue weighted by Crippen LogP contribution is 2.19. The summed E-state index contributed by atoms with van der Waals surface area (Å²) in [4.78, 5) is 10.8. The van der Waals surface area contributed by atoms with E-state index < -0.39 is 14.8 Å². The van der Waals surface area contributed by atoms with E-state index in [-0.39, 0.29) is 0 Å². The fourth-order valence-electron chi connectivity index (χ4n) is 1.68. The van der Waals surface area contributed by atoms with Crippen LogP contribution in [0.15, 0.2) is 11.6 Å². The number of hydrogen-bond acceptors (Lipinski definition) is 4. The number of rotatable bonds is 14. The predicted molar refractivity (Wildman–Crippen MR) is 89.4 cm³/mol. The van der Waals surface area contributed by atoms with E-state index in [4.69, 9.17) is 18.4 Å². The molecule has 129 valence electrons. The second-order valence-electron chi connectivity index (χ2n) is 5.12. The van der Waals surface area contributed by atoms with Crippen LogP contribution in [0.3, 0.4) is 0 Å². The van der Waals surface area contributed by atoms with Gasteiger partial charge in [0.05, 0.1) is 0 Å². The number of aliphatic carboxylic acids is 1. The molecule has 22 heavy (non-hydrogen) atoms. The van der Waals surface area contributed by atoms with Gasteiger partial charge in [0.15, 0.2) is 0 Å². The lowest BCUT2D eigenvalue weighted by molar-refractivity contribution is -0.132. The van der Waals surface area contributed by atoms with Crippen LogP contribution in [0, 0.1) is 6.04 Å². The Morgan fingerprint density at radius 2 is 1.41 bits per heavy atom. The second-order valence-corrected chi connectivity index (χ2v) is 7.60. The summed E-state index contributed by atoms with van der Waals surface area (Å²) in [6.45, 7) is 9.59. The van der Waals surface area contributed by atoms with Crippen molar-refractivity contribution >= 4 is 14.8 Å². The largest absolute Gasteiger partial charge is 0.504 e. The van der Waals surface area contributed by atoms with E-state index in [1.807, 2.05) is 6.04 Å². The lowest BCUT2D eigenvalue weighted by Crippen LogP contribution is -2.47. The SMILES string of the molecule is CCCO[Si]([CH]CCC=C(C)C(=O)O)(OCCC)OCCC. The van der Waals surface area contributed by atoms with Crippen molar-refractivity contribution in [1.82, 2.24) is 0 Å². The van der Waals surface area contributed by atoms with E-state index in [2.05, 4.69) is 20.8 Å². The molecule has 1 N–H and O–H groups in total. The van der Waals surface area contributed by atoms with Crippen molar-refractivity contribution in [3.05, 3.63) is 17.7 Å². The lowest BCUT2D eigenvalue weighted by atomic mass is 10.2. The van der Waals surface area contributed by atoms with Crippen molar-refractivity contribution in [2.45, 2.75) is 59.8 Å². The summed E-state index contributed by atoms with van der Waals surface area (Å²) in [6, 6.07) is 2.00. The Morgan fingerprint density at radius 1 is 0.955 bits per heavy atom. The highest BCUT2D eigenvalue weighted by Gasteiger charge is 2.40. The minimum Gasteiger partial charge on any atom is -0.478 e. The van der Waals surface area contributed by atoms with Crippen LogP contribution in [-0.4, -0.2) is 39.7 Å². The van der Waals surface area contributed by atoms with Crippen molar-refractivity contribution in [2.24, 2.45) is 0 Å². The fraction of sp³-hybridized carbons (Fsp3) is 0.750. The molecule has 0 atom stereocenters. The molecule has 0 aliphatic rings. The Morgan fingerprint density at radius 3 is 1.77 bits per heavy atom. The van der Waals surface area contributed by atoms with Crippen LogP contribution in [0.2, 0.25) is 0 Å². The quantitative estimate of drug-likeness (QED) is 0.298. The van der Waals surface area contributed by atoms with Crippen molar-refractivity contribution < 1.29 is 23.2 Å². The van der Waals surface area contributed by atoms with Gasteiger partial charge >= 0.3 is 14.8 Å². The number of carboxylic acid groups (broad SMARTS) is 1. The van der Waals surface area contributed by atoms with Gasteiger partial charge in [-0.25, -0.2) is 4.79 Å². The third-order valence-electron chi connectivity index (χ3n) is 2.87. The summed E-state index contributed by atoms with van der Waals surface area (Å²) in [5, 5.41) is 8.85. The van der Waals surface area contributed by atoms with Gasteiger partial charge in [-0.05, 0) is 39.0 Å². The van der Waals surface area contributed by atoms with E-state index in [0.29, 0.717) is 38.2 Å². The summed E-state index contributed by atoms with van der Waals surface area (Å²) in [6.07, 6.45) is 5.78. The maximum absolute atomic E-state index is 10.8. The van der Waals surface area contributed by atoms with Crippen LogP contribution in [0.4, 0.5) is 0 Å². The molecule has 1 radical (unpaired) electrons. The Labute approximate surface area is 136 Å². The molecular formula is C16H31O5Si. The van der Waals surface area contributed by atoms with Crippen molar-refractivity contribution in [1.29, 1.82) is 0 Å². The molecule has 0 heterocycles. The third-order valence-corrected chi connectivity index (χ3v) is 5.48. The normalized spacial score (nSPS) is 12.6. The Kier molecular flexibility index (Phi) is 12.4. The van der Waals surface area contributed by atoms with Crippen LogP contribution >= 0.6 is 0 Å². The number of unbranched alkanes of at least 4 members (excludes halogenated alkanes) is 1. The summed E-state index contributed by atoms with van der Waals surface area (Å²) < 4.78 is 17.8. The molecule has 0 bridgehead atoms. The first-order valence-corrected chi connectivity index (χ1v) is 9.97. The number of carboxylic acids is 1. The molecule has 0 unspecified atom stereocenters. The standard InChI is InChI=1S/C16H31O5Si/c1-5-11-19-22(20-12-6-2,21-13-7-3)14-9-8-10-15(4)16(17)18/h10,14H,5-9,11-13H2,1-4H3,(H,17,18). The maximum Gasteiger partial charge on any atom is 0.504 e. The summed E-state index contributed by atoms with van der Waals surface area (Å²) >= 11 is 0. The Bertz CT molecular complexity index is 309. The van der Waals surface area contributed by atoms with E-state index in [9.17, 15) is 4.79 Å². The van der Waals surface area contributed by atoms with Crippen molar-refractivity contribution in [3.63, 3.8) is 0 Å². The molecule has 0 saturated carbocycles. The van der Waals surface area contributed by atoms with Gasteiger partial charge in [-0.15, -0.1) is 0 Å². The van der Waals surface area contributed by atoms with E-state index in [1.54, 1.807) is 13.0 Å². The molecule has 0 fully saturated rings. The van der Waals surface area contributed by atoms with Crippen molar-refractivity contribution in [3.8, 4) is 0 Å². The molecule has 0 aromatic rings. The van der Waals surface area contributed by atoms with Crippen LogP contribution < -0.4 is 0 Å². The van der Waals surface area contributed by atoms with Crippen LogP contribution in [-0.2, 0) is 18.1 Å². The second kappa shape index (κ2) is 12.8. The molecule has 0 amide bonds. The smallest absolute Gasteiger partial charge is 0.478 e. The molecule has 0 saturated heterocycles. The van der Waals surface area contributed by atoms with Gasteiger partial charge in [-0.3, -0.25) is 0 Å². The van der Waals surface area contributed by atoms with Gasteiger partial charge in [0.25, 0.3) is 0 Å². The monoisotopic (exact) mass is 331 g/mol. The summed E-state index contributed by atoms with van der Waals surface area (Å²) in [5.41, 5.74) is 0.360. The molecule has 0 spiro atoms. The lowest BCUT2D eigenvalue weighted by Gasteiger charge is -2.29. The fourth-order valence-corrected chi connectivity index (χ4v) is 4.27. The highest BCUT2D eigenvalue weighted by molar-refractivity contribution is 6.64. The van der Waals surface area contributed by atoms with Crippen LogP contribution in [0.1, 0.15) is 59.8 Å². The maximum atomic E-state index is 10.8. The first-order chi connectivity index (χ1) is 10.5. The third kappa shape index (κ3) is 9.35. The predicted octanol–water partition coefficient (Wildman–Crippen LogP) is 3.76. The average molecular weight is 332 g/mol. The van der Waals surface area contributed by atoms with Gasteiger partial charge in [-0.2, -0.15) is 0 Å². The molecule has 0 aliphatic carbocycles. The van der Waals surface area contributed by atoms with E-state index >= 15 is 0 Å². The van der Waals surface area contributed by atoms with Gasteiger partial charge < -0.3 is 18.4 Å². The first-order valence-electron chi connectivity index (χ1n) is 8.17. The molecule has 0 rings (SSSR count). The molecular weight excluding hydrogens is 300 g/mol. The molecule has 0 aromatic heterocycles. The zero-order valence-electron chi connectivity index (χ0n) is 14.4. The minimum atomic E-state index is -2.76. The zero-order chi connectivity index (χ0) is 16.8. The Hall–Kier alpha value is -0.693.